The van der Waals surface area contributed by atoms with E-state index < -0.39 is 23.3 Å². The fraction of sp³-hybridized carbons (Fsp3) is 0.471. The summed E-state index contributed by atoms with van der Waals surface area (Å²) in [6, 6.07) is 4.68. The number of carboxylic acid groups (broad SMARTS) is 1. The van der Waals surface area contributed by atoms with Gasteiger partial charge in [0.15, 0.2) is 11.5 Å². The van der Waals surface area contributed by atoms with Crippen LogP contribution in [0.4, 0.5) is 0 Å². The molecule has 0 unspecified atom stereocenters. The molecule has 0 aliphatic heterocycles. The highest BCUT2D eigenvalue weighted by Gasteiger charge is 2.21. The molecule has 2 amide bonds. The maximum atomic E-state index is 12.1. The number of aliphatic carboxylic acids is 1. The van der Waals surface area contributed by atoms with Gasteiger partial charge in [0, 0.05) is 17.5 Å². The molecular formula is C17H24N2O6. The molecule has 0 bridgehead atoms. The second-order valence-electron chi connectivity index (χ2n) is 6.08. The van der Waals surface area contributed by atoms with E-state index in [2.05, 4.69) is 10.6 Å². The first-order valence-corrected chi connectivity index (χ1v) is 7.71. The minimum Gasteiger partial charge on any atom is -0.493 e. The lowest BCUT2D eigenvalue weighted by Gasteiger charge is -2.25. The Morgan fingerprint density at radius 3 is 2.32 bits per heavy atom. The van der Waals surface area contributed by atoms with E-state index in [4.69, 9.17) is 14.6 Å². The van der Waals surface area contributed by atoms with Gasteiger partial charge in [-0.15, -0.1) is 0 Å². The van der Waals surface area contributed by atoms with E-state index in [1.165, 1.54) is 20.3 Å². The number of hydrogen-bond donors (Lipinski definition) is 3. The number of nitrogens with one attached hydrogen (secondary N) is 2. The molecule has 138 valence electrons. The standard InChI is InChI=1S/C17H24N2O6/c1-17(2,8-7-15(21)22)19-14(20)10-18-16(23)11-5-6-12(24-3)13(9-11)25-4/h5-6,9H,7-8,10H2,1-4H3,(H,18,23)(H,19,20)(H,21,22). The molecule has 8 heteroatoms. The van der Waals surface area contributed by atoms with Crippen molar-refractivity contribution in [3.8, 4) is 11.5 Å². The van der Waals surface area contributed by atoms with Crippen molar-refractivity contribution >= 4 is 17.8 Å². The number of carbonyl (C=O) groups excluding carboxylic acids is 2. The van der Waals surface area contributed by atoms with E-state index in [-0.39, 0.29) is 19.4 Å². The number of hydrogen-bond acceptors (Lipinski definition) is 5. The van der Waals surface area contributed by atoms with Crippen LogP contribution >= 0.6 is 0 Å². The molecule has 1 aromatic rings. The maximum Gasteiger partial charge on any atom is 0.303 e. The van der Waals surface area contributed by atoms with Crippen LogP contribution < -0.4 is 20.1 Å². The van der Waals surface area contributed by atoms with Gasteiger partial charge < -0.3 is 25.2 Å². The van der Waals surface area contributed by atoms with E-state index in [0.29, 0.717) is 17.1 Å². The zero-order chi connectivity index (χ0) is 19.0. The first-order valence-electron chi connectivity index (χ1n) is 7.71. The SMILES string of the molecule is COc1ccc(C(=O)NCC(=O)NC(C)(C)CCC(=O)O)cc1OC. The van der Waals surface area contributed by atoms with Crippen LogP contribution in [0.25, 0.3) is 0 Å². The third kappa shape index (κ3) is 6.70. The average molecular weight is 352 g/mol. The Kier molecular flexibility index (Phi) is 7.22. The normalized spacial score (nSPS) is 10.7. The van der Waals surface area contributed by atoms with Gasteiger partial charge in [0.1, 0.15) is 0 Å². The quantitative estimate of drug-likeness (QED) is 0.615. The van der Waals surface area contributed by atoms with Crippen molar-refractivity contribution in [3.63, 3.8) is 0 Å². The fourth-order valence-electron chi connectivity index (χ4n) is 2.14. The largest absolute Gasteiger partial charge is 0.493 e. The maximum absolute atomic E-state index is 12.1. The lowest BCUT2D eigenvalue weighted by molar-refractivity contribution is -0.137. The first-order chi connectivity index (χ1) is 11.7. The number of amides is 2. The predicted octanol–water partition coefficient (Wildman–Crippen LogP) is 1.19. The van der Waals surface area contributed by atoms with Crippen LogP contribution in [-0.4, -0.2) is 49.2 Å². The monoisotopic (exact) mass is 352 g/mol. The van der Waals surface area contributed by atoms with Crippen LogP contribution in [-0.2, 0) is 9.59 Å². The van der Waals surface area contributed by atoms with Gasteiger partial charge in [-0.2, -0.15) is 0 Å². The smallest absolute Gasteiger partial charge is 0.303 e. The Balaban J connectivity index is 2.58. The molecule has 0 aliphatic rings. The summed E-state index contributed by atoms with van der Waals surface area (Å²) in [6.45, 7) is 3.23. The van der Waals surface area contributed by atoms with Crippen molar-refractivity contribution < 1.29 is 29.0 Å². The van der Waals surface area contributed by atoms with Crippen LogP contribution in [0.5, 0.6) is 11.5 Å². The summed E-state index contributed by atoms with van der Waals surface area (Å²) < 4.78 is 10.2. The topological polar surface area (TPSA) is 114 Å². The van der Waals surface area contributed by atoms with E-state index in [9.17, 15) is 14.4 Å². The Hall–Kier alpha value is -2.77. The van der Waals surface area contributed by atoms with Gasteiger partial charge in [-0.05, 0) is 38.5 Å². The molecule has 1 rings (SSSR count). The Labute approximate surface area is 146 Å². The number of methoxy groups -OCH3 is 2. The van der Waals surface area contributed by atoms with Crippen LogP contribution in [0, 0.1) is 0 Å². The molecule has 0 saturated heterocycles. The van der Waals surface area contributed by atoms with Crippen molar-refractivity contribution in [2.45, 2.75) is 32.2 Å². The molecule has 3 N–H and O–H groups in total. The number of ether oxygens (including phenoxy) is 2. The van der Waals surface area contributed by atoms with Crippen molar-refractivity contribution in [2.24, 2.45) is 0 Å². The molecular weight excluding hydrogens is 328 g/mol. The molecule has 0 heterocycles. The average Bonchev–Trinajstić information content (AvgIpc) is 2.56. The summed E-state index contributed by atoms with van der Waals surface area (Å²) >= 11 is 0. The highest BCUT2D eigenvalue weighted by molar-refractivity contribution is 5.97. The zero-order valence-electron chi connectivity index (χ0n) is 14.8. The second-order valence-corrected chi connectivity index (χ2v) is 6.08. The molecule has 0 spiro atoms. The highest BCUT2D eigenvalue weighted by atomic mass is 16.5. The van der Waals surface area contributed by atoms with Crippen LogP contribution in [0.15, 0.2) is 18.2 Å². The lowest BCUT2D eigenvalue weighted by atomic mass is 9.98. The van der Waals surface area contributed by atoms with Gasteiger partial charge >= 0.3 is 5.97 Å². The lowest BCUT2D eigenvalue weighted by Crippen LogP contribution is -2.47. The molecule has 0 atom stereocenters. The van der Waals surface area contributed by atoms with Gasteiger partial charge in [0.25, 0.3) is 5.91 Å². The van der Waals surface area contributed by atoms with Crippen LogP contribution in [0.3, 0.4) is 0 Å². The second kappa shape index (κ2) is 8.91. The number of rotatable bonds is 9. The zero-order valence-corrected chi connectivity index (χ0v) is 14.8. The Bertz CT molecular complexity index is 642. The third-order valence-electron chi connectivity index (χ3n) is 3.50. The number of carboxylic acids is 1. The molecule has 0 aliphatic carbocycles. The van der Waals surface area contributed by atoms with Gasteiger partial charge in [0.2, 0.25) is 5.91 Å². The Morgan fingerprint density at radius 2 is 1.76 bits per heavy atom. The van der Waals surface area contributed by atoms with Crippen molar-refractivity contribution in [2.75, 3.05) is 20.8 Å². The number of benzene rings is 1. The Morgan fingerprint density at radius 1 is 1.12 bits per heavy atom. The van der Waals surface area contributed by atoms with Crippen molar-refractivity contribution in [1.29, 1.82) is 0 Å². The summed E-state index contributed by atoms with van der Waals surface area (Å²) in [5, 5.41) is 13.9. The third-order valence-corrected chi connectivity index (χ3v) is 3.50. The highest BCUT2D eigenvalue weighted by Crippen LogP contribution is 2.27. The molecule has 0 aromatic heterocycles. The van der Waals surface area contributed by atoms with E-state index in [1.54, 1.807) is 26.0 Å². The number of carbonyl (C=O) groups is 3. The molecule has 0 saturated carbocycles. The first kappa shape index (κ1) is 20.3. The molecule has 0 radical (unpaired) electrons. The van der Waals surface area contributed by atoms with E-state index in [1.807, 2.05) is 0 Å². The van der Waals surface area contributed by atoms with Gasteiger partial charge in [-0.25, -0.2) is 0 Å². The summed E-state index contributed by atoms with van der Waals surface area (Å²) in [4.78, 5) is 34.7. The predicted molar refractivity (Wildman–Crippen MR) is 91.0 cm³/mol. The molecule has 1 aromatic carbocycles. The fourth-order valence-corrected chi connectivity index (χ4v) is 2.14. The van der Waals surface area contributed by atoms with Crippen LogP contribution in [0.1, 0.15) is 37.0 Å². The van der Waals surface area contributed by atoms with Crippen LogP contribution in [0.2, 0.25) is 0 Å². The van der Waals surface area contributed by atoms with E-state index in [0.717, 1.165) is 0 Å². The van der Waals surface area contributed by atoms with Gasteiger partial charge in [-0.1, -0.05) is 0 Å². The minimum absolute atomic E-state index is 0.0503. The summed E-state index contributed by atoms with van der Waals surface area (Å²) in [5.74, 6) is -0.848. The molecule has 8 nitrogen and oxygen atoms in total. The van der Waals surface area contributed by atoms with Crippen molar-refractivity contribution in [3.05, 3.63) is 23.8 Å². The summed E-state index contributed by atoms with van der Waals surface area (Å²) in [7, 11) is 2.96. The molecule has 25 heavy (non-hydrogen) atoms. The molecule has 0 fully saturated rings. The minimum atomic E-state index is -0.927. The summed E-state index contributed by atoms with van der Waals surface area (Å²) in [6.07, 6.45) is 0.239. The van der Waals surface area contributed by atoms with Gasteiger partial charge in [-0.3, -0.25) is 14.4 Å². The van der Waals surface area contributed by atoms with Crippen molar-refractivity contribution in [1.82, 2.24) is 10.6 Å². The van der Waals surface area contributed by atoms with Gasteiger partial charge in [0.05, 0.1) is 20.8 Å². The van der Waals surface area contributed by atoms with E-state index >= 15 is 0 Å². The summed E-state index contributed by atoms with van der Waals surface area (Å²) in [5.41, 5.74) is -0.348.